The van der Waals surface area contributed by atoms with Crippen LogP contribution in [0.5, 0.6) is 0 Å². The van der Waals surface area contributed by atoms with Crippen LogP contribution in [0.25, 0.3) is 0 Å². The predicted molar refractivity (Wildman–Crippen MR) is 92.5 cm³/mol. The molecule has 110 valence electrons. The number of anilines is 1. The summed E-state index contributed by atoms with van der Waals surface area (Å²) in [4.78, 5) is 15.6. The van der Waals surface area contributed by atoms with Gasteiger partial charge in [-0.1, -0.05) is 48.5 Å². The molecule has 2 nitrogen and oxygen atoms in total. The third kappa shape index (κ3) is 3.10. The lowest BCUT2D eigenvalue weighted by Crippen LogP contribution is -2.30. The van der Waals surface area contributed by atoms with E-state index in [-0.39, 0.29) is 5.91 Å². The molecule has 3 rings (SSSR count). The van der Waals surface area contributed by atoms with Gasteiger partial charge in [-0.3, -0.25) is 4.79 Å². The van der Waals surface area contributed by atoms with Crippen molar-refractivity contribution in [3.05, 3.63) is 88.1 Å². The van der Waals surface area contributed by atoms with Crippen molar-refractivity contribution < 1.29 is 4.79 Å². The van der Waals surface area contributed by atoms with Crippen molar-refractivity contribution in [3.8, 4) is 0 Å². The normalized spacial score (nSPS) is 10.4. The Balaban J connectivity index is 1.96. The largest absolute Gasteiger partial charge is 0.303 e. The summed E-state index contributed by atoms with van der Waals surface area (Å²) >= 11 is 1.50. The molecule has 0 radical (unpaired) electrons. The van der Waals surface area contributed by atoms with E-state index >= 15 is 0 Å². The highest BCUT2D eigenvalue weighted by molar-refractivity contribution is 7.12. The minimum absolute atomic E-state index is 0.0579. The minimum Gasteiger partial charge on any atom is -0.303 e. The molecule has 1 heterocycles. The Hall–Kier alpha value is -2.39. The van der Waals surface area contributed by atoms with E-state index in [0.717, 1.165) is 21.7 Å². The van der Waals surface area contributed by atoms with E-state index in [1.54, 1.807) is 0 Å². The Bertz CT molecular complexity index is 749. The van der Waals surface area contributed by atoms with Gasteiger partial charge in [-0.2, -0.15) is 0 Å². The molecule has 0 aliphatic carbocycles. The molecule has 0 saturated heterocycles. The van der Waals surface area contributed by atoms with E-state index in [2.05, 4.69) is 0 Å². The molecule has 0 bridgehead atoms. The lowest BCUT2D eigenvalue weighted by Gasteiger charge is -2.23. The van der Waals surface area contributed by atoms with Gasteiger partial charge < -0.3 is 4.90 Å². The van der Waals surface area contributed by atoms with Crippen molar-refractivity contribution in [2.45, 2.75) is 13.5 Å². The number of carbonyl (C=O) groups excluding carboxylic acids is 1. The van der Waals surface area contributed by atoms with Gasteiger partial charge in [0, 0.05) is 5.69 Å². The smallest absolute Gasteiger partial charge is 0.268 e. The number of benzene rings is 2. The van der Waals surface area contributed by atoms with Crippen molar-refractivity contribution in [3.63, 3.8) is 0 Å². The second-order valence-electron chi connectivity index (χ2n) is 5.15. The van der Waals surface area contributed by atoms with Gasteiger partial charge >= 0.3 is 0 Å². The van der Waals surface area contributed by atoms with Crippen molar-refractivity contribution in [2.75, 3.05) is 4.90 Å². The van der Waals surface area contributed by atoms with Crippen molar-refractivity contribution in [2.24, 2.45) is 0 Å². The van der Waals surface area contributed by atoms with Crippen LogP contribution in [-0.2, 0) is 6.54 Å². The minimum atomic E-state index is 0.0579. The zero-order chi connectivity index (χ0) is 15.4. The van der Waals surface area contributed by atoms with Gasteiger partial charge in [-0.15, -0.1) is 11.3 Å². The van der Waals surface area contributed by atoms with Crippen LogP contribution in [0.2, 0.25) is 0 Å². The molecule has 22 heavy (non-hydrogen) atoms. The number of rotatable bonds is 4. The van der Waals surface area contributed by atoms with E-state index in [4.69, 9.17) is 0 Å². The maximum Gasteiger partial charge on any atom is 0.268 e. The molecule has 1 aromatic heterocycles. The average Bonchev–Trinajstić information content (AvgIpc) is 3.00. The molecule has 2 aromatic carbocycles. The molecule has 3 aromatic rings. The van der Waals surface area contributed by atoms with Gasteiger partial charge in [0.1, 0.15) is 0 Å². The van der Waals surface area contributed by atoms with Crippen LogP contribution in [0.15, 0.2) is 72.1 Å². The molecule has 0 spiro atoms. The molecule has 3 heteroatoms. The lowest BCUT2D eigenvalue weighted by atomic mass is 10.1. The Morgan fingerprint density at radius 3 is 2.18 bits per heavy atom. The number of carbonyl (C=O) groups is 1. The second-order valence-corrected chi connectivity index (χ2v) is 6.06. The predicted octanol–water partition coefficient (Wildman–Crippen LogP) is 4.90. The fraction of sp³-hybridized carbons (Fsp3) is 0.105. The molecular formula is C19H17NOS. The number of thiophene rings is 1. The lowest BCUT2D eigenvalue weighted by molar-refractivity contribution is 0.0988. The first-order valence-electron chi connectivity index (χ1n) is 7.20. The van der Waals surface area contributed by atoms with Gasteiger partial charge in [0.25, 0.3) is 5.91 Å². The fourth-order valence-electron chi connectivity index (χ4n) is 2.37. The summed E-state index contributed by atoms with van der Waals surface area (Å²) < 4.78 is 0. The summed E-state index contributed by atoms with van der Waals surface area (Å²) in [5.41, 5.74) is 3.07. The molecule has 0 unspecified atom stereocenters. The molecule has 0 saturated carbocycles. The van der Waals surface area contributed by atoms with Gasteiger partial charge in [-0.05, 0) is 41.6 Å². The van der Waals surface area contributed by atoms with E-state index < -0.39 is 0 Å². The number of hydrogen-bond acceptors (Lipinski definition) is 2. The summed E-state index contributed by atoms with van der Waals surface area (Å²) in [6, 6.07) is 21.9. The topological polar surface area (TPSA) is 20.3 Å². The monoisotopic (exact) mass is 307 g/mol. The fourth-order valence-corrected chi connectivity index (χ4v) is 3.24. The highest BCUT2D eigenvalue weighted by Gasteiger charge is 2.20. The number of para-hydroxylation sites is 1. The van der Waals surface area contributed by atoms with Gasteiger partial charge in [0.2, 0.25) is 0 Å². The Labute approximate surface area is 134 Å². The summed E-state index contributed by atoms with van der Waals surface area (Å²) in [7, 11) is 0. The van der Waals surface area contributed by atoms with Crippen LogP contribution in [-0.4, -0.2) is 5.91 Å². The van der Waals surface area contributed by atoms with Crippen LogP contribution < -0.4 is 4.90 Å². The summed E-state index contributed by atoms with van der Waals surface area (Å²) in [6.07, 6.45) is 0. The standard InChI is InChI=1S/C19H17NOS/c1-15-12-13-22-18(15)19(21)20(17-10-6-3-7-11-17)14-16-8-4-2-5-9-16/h2-13H,14H2,1H3. The summed E-state index contributed by atoms with van der Waals surface area (Å²) in [5, 5.41) is 1.97. The highest BCUT2D eigenvalue weighted by Crippen LogP contribution is 2.24. The van der Waals surface area contributed by atoms with E-state index in [1.807, 2.05) is 83.9 Å². The first kappa shape index (κ1) is 14.5. The third-order valence-electron chi connectivity index (χ3n) is 3.55. The molecule has 0 N–H and O–H groups in total. The average molecular weight is 307 g/mol. The first-order chi connectivity index (χ1) is 10.8. The third-order valence-corrected chi connectivity index (χ3v) is 4.56. The zero-order valence-electron chi connectivity index (χ0n) is 12.4. The number of hydrogen-bond donors (Lipinski definition) is 0. The highest BCUT2D eigenvalue weighted by atomic mass is 32.1. The maximum atomic E-state index is 13.0. The van der Waals surface area contributed by atoms with E-state index in [9.17, 15) is 4.79 Å². The van der Waals surface area contributed by atoms with E-state index in [1.165, 1.54) is 11.3 Å². The molecule has 0 fully saturated rings. The van der Waals surface area contributed by atoms with Gasteiger partial charge in [-0.25, -0.2) is 0 Å². The van der Waals surface area contributed by atoms with Crippen LogP contribution >= 0.6 is 11.3 Å². The number of aryl methyl sites for hydroxylation is 1. The maximum absolute atomic E-state index is 13.0. The van der Waals surface area contributed by atoms with E-state index in [0.29, 0.717) is 6.54 Å². The number of nitrogens with zero attached hydrogens (tertiary/aromatic N) is 1. The first-order valence-corrected chi connectivity index (χ1v) is 8.08. The van der Waals surface area contributed by atoms with Crippen LogP contribution in [0.3, 0.4) is 0 Å². The van der Waals surface area contributed by atoms with Crippen LogP contribution in [0, 0.1) is 6.92 Å². The molecule has 1 amide bonds. The number of amides is 1. The second kappa shape index (κ2) is 6.58. The molecule has 0 aliphatic heterocycles. The van der Waals surface area contributed by atoms with Crippen LogP contribution in [0.4, 0.5) is 5.69 Å². The summed E-state index contributed by atoms with van der Waals surface area (Å²) in [6.45, 7) is 2.55. The molecule has 0 aliphatic rings. The molecule has 0 atom stereocenters. The van der Waals surface area contributed by atoms with Gasteiger partial charge in [0.05, 0.1) is 11.4 Å². The SMILES string of the molecule is Cc1ccsc1C(=O)N(Cc1ccccc1)c1ccccc1. The Kier molecular flexibility index (Phi) is 4.35. The van der Waals surface area contributed by atoms with Crippen molar-refractivity contribution in [1.82, 2.24) is 0 Å². The molecular weight excluding hydrogens is 290 g/mol. The van der Waals surface area contributed by atoms with Crippen molar-refractivity contribution in [1.29, 1.82) is 0 Å². The van der Waals surface area contributed by atoms with Gasteiger partial charge in [0.15, 0.2) is 0 Å². The Morgan fingerprint density at radius 2 is 1.59 bits per heavy atom. The summed E-state index contributed by atoms with van der Waals surface area (Å²) in [5.74, 6) is 0.0579. The van der Waals surface area contributed by atoms with Crippen molar-refractivity contribution >= 4 is 22.9 Å². The zero-order valence-corrected chi connectivity index (χ0v) is 13.2. The van der Waals surface area contributed by atoms with Crippen LogP contribution in [0.1, 0.15) is 20.8 Å². The quantitative estimate of drug-likeness (QED) is 0.671. The Morgan fingerprint density at radius 1 is 0.955 bits per heavy atom.